The highest BCUT2D eigenvalue weighted by atomic mass is 16.2. The molecular formula is C21H30N4O. The molecular weight excluding hydrogens is 324 g/mol. The van der Waals surface area contributed by atoms with Gasteiger partial charge in [-0.3, -0.25) is 9.69 Å². The van der Waals surface area contributed by atoms with Crippen LogP contribution in [-0.2, 0) is 11.2 Å². The molecule has 1 saturated carbocycles. The first kappa shape index (κ1) is 18.9. The number of likely N-dealkylation sites (tertiary alicyclic amines) is 1. The highest BCUT2D eigenvalue weighted by molar-refractivity contribution is 5.83. The van der Waals surface area contributed by atoms with Crippen molar-refractivity contribution < 1.29 is 4.79 Å². The molecule has 2 unspecified atom stereocenters. The minimum absolute atomic E-state index is 0.224. The van der Waals surface area contributed by atoms with Gasteiger partial charge in [-0.25, -0.2) is 0 Å². The lowest BCUT2D eigenvalue weighted by atomic mass is 9.94. The number of hydrogen-bond acceptors (Lipinski definition) is 4. The predicted molar refractivity (Wildman–Crippen MR) is 102 cm³/mol. The Bertz CT molecular complexity index is 660. The van der Waals surface area contributed by atoms with Crippen molar-refractivity contribution in [3.05, 3.63) is 35.4 Å². The number of nitrogens with zero attached hydrogens (tertiary/aromatic N) is 2. The molecule has 1 heterocycles. The van der Waals surface area contributed by atoms with Crippen LogP contribution in [0.5, 0.6) is 0 Å². The van der Waals surface area contributed by atoms with Crippen LogP contribution < -0.4 is 11.1 Å². The monoisotopic (exact) mass is 354 g/mol. The molecule has 1 aromatic carbocycles. The summed E-state index contributed by atoms with van der Waals surface area (Å²) in [5.41, 5.74) is 7.55. The fourth-order valence-corrected chi connectivity index (χ4v) is 4.22. The van der Waals surface area contributed by atoms with Gasteiger partial charge in [-0.05, 0) is 38.2 Å². The number of carbonyl (C=O) groups is 1. The van der Waals surface area contributed by atoms with Crippen LogP contribution in [0.4, 0.5) is 0 Å². The lowest BCUT2D eigenvalue weighted by Crippen LogP contribution is -2.55. The van der Waals surface area contributed by atoms with Crippen LogP contribution in [0, 0.1) is 18.3 Å². The van der Waals surface area contributed by atoms with Crippen molar-refractivity contribution in [2.45, 2.75) is 69.5 Å². The van der Waals surface area contributed by atoms with E-state index in [-0.39, 0.29) is 5.91 Å². The number of nitrogens with two attached hydrogens (primary N) is 1. The number of hydrogen-bond donors (Lipinski definition) is 2. The van der Waals surface area contributed by atoms with Crippen molar-refractivity contribution in [2.75, 3.05) is 13.1 Å². The van der Waals surface area contributed by atoms with Crippen LogP contribution in [0.25, 0.3) is 0 Å². The molecule has 2 atom stereocenters. The second kappa shape index (κ2) is 8.20. The number of amides is 1. The Kier molecular flexibility index (Phi) is 5.95. The second-order valence-corrected chi connectivity index (χ2v) is 7.99. The van der Waals surface area contributed by atoms with Gasteiger partial charge in [0.05, 0.1) is 12.1 Å². The van der Waals surface area contributed by atoms with Crippen molar-refractivity contribution in [3.8, 4) is 6.07 Å². The van der Waals surface area contributed by atoms with Gasteiger partial charge < -0.3 is 11.1 Å². The summed E-state index contributed by atoms with van der Waals surface area (Å²) in [5, 5.41) is 12.7. The van der Waals surface area contributed by atoms with Gasteiger partial charge in [0.15, 0.2) is 0 Å². The zero-order valence-electron chi connectivity index (χ0n) is 15.7. The Morgan fingerprint density at radius 3 is 2.69 bits per heavy atom. The maximum Gasteiger partial charge on any atom is 0.238 e. The van der Waals surface area contributed by atoms with Crippen molar-refractivity contribution >= 4 is 5.91 Å². The zero-order chi connectivity index (χ0) is 18.6. The lowest BCUT2D eigenvalue weighted by Gasteiger charge is -2.32. The molecule has 1 aromatic rings. The molecule has 0 radical (unpaired) electrons. The summed E-state index contributed by atoms with van der Waals surface area (Å²) in [6.07, 6.45) is 7.45. The van der Waals surface area contributed by atoms with E-state index in [1.807, 2.05) is 31.2 Å². The highest BCUT2D eigenvalue weighted by Gasteiger charge is 2.42. The molecule has 1 saturated heterocycles. The molecule has 140 valence electrons. The van der Waals surface area contributed by atoms with E-state index in [0.717, 1.165) is 12.1 Å². The predicted octanol–water partition coefficient (Wildman–Crippen LogP) is 2.28. The van der Waals surface area contributed by atoms with E-state index < -0.39 is 11.6 Å². The molecule has 3 rings (SSSR count). The molecule has 3 N–H and O–H groups in total. The minimum atomic E-state index is -0.792. The largest absolute Gasteiger partial charge is 0.335 e. The molecule has 5 nitrogen and oxygen atoms in total. The molecule has 1 amide bonds. The first-order valence-electron chi connectivity index (χ1n) is 9.80. The molecule has 2 fully saturated rings. The third kappa shape index (κ3) is 4.44. The van der Waals surface area contributed by atoms with Gasteiger partial charge in [0, 0.05) is 19.1 Å². The summed E-state index contributed by atoms with van der Waals surface area (Å²) < 4.78 is 0. The normalized spacial score (nSPS) is 25.6. The third-order valence-corrected chi connectivity index (χ3v) is 5.88. The van der Waals surface area contributed by atoms with E-state index in [0.29, 0.717) is 25.4 Å². The Morgan fingerprint density at radius 2 is 2.04 bits per heavy atom. The van der Waals surface area contributed by atoms with E-state index in [1.54, 1.807) is 0 Å². The van der Waals surface area contributed by atoms with Crippen molar-refractivity contribution in [2.24, 2.45) is 5.73 Å². The van der Waals surface area contributed by atoms with Crippen LogP contribution >= 0.6 is 0 Å². The van der Waals surface area contributed by atoms with Gasteiger partial charge >= 0.3 is 0 Å². The van der Waals surface area contributed by atoms with E-state index in [4.69, 9.17) is 5.73 Å². The van der Waals surface area contributed by atoms with E-state index in [2.05, 4.69) is 16.3 Å². The quantitative estimate of drug-likeness (QED) is 0.850. The fourth-order valence-electron chi connectivity index (χ4n) is 4.22. The molecule has 1 aliphatic heterocycles. The molecule has 0 bridgehead atoms. The van der Waals surface area contributed by atoms with Crippen LogP contribution in [-0.4, -0.2) is 41.5 Å². The minimum Gasteiger partial charge on any atom is -0.335 e. The van der Waals surface area contributed by atoms with Gasteiger partial charge in [-0.15, -0.1) is 0 Å². The molecule has 26 heavy (non-hydrogen) atoms. The highest BCUT2D eigenvalue weighted by Crippen LogP contribution is 2.29. The molecule has 0 spiro atoms. The smallest absolute Gasteiger partial charge is 0.238 e. The third-order valence-electron chi connectivity index (χ3n) is 5.88. The summed E-state index contributed by atoms with van der Waals surface area (Å²) in [6.45, 7) is 3.54. The van der Waals surface area contributed by atoms with E-state index in [1.165, 1.54) is 37.7 Å². The van der Waals surface area contributed by atoms with Crippen molar-refractivity contribution in [1.82, 2.24) is 10.2 Å². The summed E-state index contributed by atoms with van der Waals surface area (Å²) in [6, 6.07) is 10.4. The van der Waals surface area contributed by atoms with Crippen LogP contribution in [0.3, 0.4) is 0 Å². The van der Waals surface area contributed by atoms with Crippen molar-refractivity contribution in [3.63, 3.8) is 0 Å². The maximum atomic E-state index is 12.6. The average Bonchev–Trinajstić information content (AvgIpc) is 3.09. The standard InChI is InChI=1S/C21H30N4O/c1-16-7-9-17(10-8-16)13-19(23)20(26)24-21(14-22)11-12-25(15-21)18-5-3-2-4-6-18/h7-10,18-19H,2-6,11-13,15,23H2,1H3,(H,24,26). The van der Waals surface area contributed by atoms with Gasteiger partial charge in [0.1, 0.15) is 5.54 Å². The average molecular weight is 354 g/mol. The summed E-state index contributed by atoms with van der Waals surface area (Å²) in [7, 11) is 0. The number of aryl methyl sites for hydroxylation is 1. The molecule has 0 aromatic heterocycles. The summed E-state index contributed by atoms with van der Waals surface area (Å²) >= 11 is 0. The first-order chi connectivity index (χ1) is 12.5. The number of nitriles is 1. The molecule has 5 heteroatoms. The fraction of sp³-hybridized carbons (Fsp3) is 0.619. The molecule has 1 aliphatic carbocycles. The van der Waals surface area contributed by atoms with Gasteiger partial charge in [0.2, 0.25) is 5.91 Å². The topological polar surface area (TPSA) is 82.1 Å². The van der Waals surface area contributed by atoms with E-state index >= 15 is 0 Å². The zero-order valence-corrected chi connectivity index (χ0v) is 15.7. The lowest BCUT2D eigenvalue weighted by molar-refractivity contribution is -0.123. The van der Waals surface area contributed by atoms with Gasteiger partial charge in [-0.2, -0.15) is 5.26 Å². The Labute approximate surface area is 156 Å². The van der Waals surface area contributed by atoms with Gasteiger partial charge in [-0.1, -0.05) is 49.1 Å². The van der Waals surface area contributed by atoms with Crippen LogP contribution in [0.1, 0.15) is 49.7 Å². The number of benzene rings is 1. The van der Waals surface area contributed by atoms with Crippen LogP contribution in [0.15, 0.2) is 24.3 Å². The summed E-state index contributed by atoms with van der Waals surface area (Å²) in [4.78, 5) is 15.0. The summed E-state index contributed by atoms with van der Waals surface area (Å²) in [5.74, 6) is -0.224. The number of rotatable bonds is 5. The van der Waals surface area contributed by atoms with Crippen molar-refractivity contribution in [1.29, 1.82) is 5.26 Å². The Balaban J connectivity index is 1.57. The SMILES string of the molecule is Cc1ccc(CC(N)C(=O)NC2(C#N)CCN(C3CCCCC3)C2)cc1. The molecule has 2 aliphatic rings. The maximum absolute atomic E-state index is 12.6. The van der Waals surface area contributed by atoms with Gasteiger partial charge in [0.25, 0.3) is 0 Å². The Morgan fingerprint density at radius 1 is 1.35 bits per heavy atom. The van der Waals surface area contributed by atoms with E-state index in [9.17, 15) is 10.1 Å². The first-order valence-corrected chi connectivity index (χ1v) is 9.80. The second-order valence-electron chi connectivity index (χ2n) is 7.99. The number of carbonyl (C=O) groups excluding carboxylic acids is 1. The Hall–Kier alpha value is -1.90. The number of nitrogens with one attached hydrogen (secondary N) is 1. The van der Waals surface area contributed by atoms with Crippen LogP contribution in [0.2, 0.25) is 0 Å².